The maximum Gasteiger partial charge on any atom is 0.252 e. The van der Waals surface area contributed by atoms with Crippen molar-refractivity contribution in [3.8, 4) is 0 Å². The molecule has 1 aromatic heterocycles. The predicted octanol–water partition coefficient (Wildman–Crippen LogP) is 1.68. The van der Waals surface area contributed by atoms with Gasteiger partial charge in [-0.25, -0.2) is 17.2 Å². The minimum atomic E-state index is -4.11. The summed E-state index contributed by atoms with van der Waals surface area (Å²) in [6, 6.07) is 4.00. The van der Waals surface area contributed by atoms with Gasteiger partial charge in [0.15, 0.2) is 0 Å². The Labute approximate surface area is 171 Å². The zero-order valence-electron chi connectivity index (χ0n) is 15.3. The van der Waals surface area contributed by atoms with Crippen molar-refractivity contribution in [3.05, 3.63) is 52.2 Å². The van der Waals surface area contributed by atoms with Crippen LogP contribution in [0, 0.1) is 11.6 Å². The van der Waals surface area contributed by atoms with Crippen LogP contribution in [0.4, 0.5) is 8.78 Å². The van der Waals surface area contributed by atoms with E-state index in [-0.39, 0.29) is 51.0 Å². The highest BCUT2D eigenvalue weighted by Gasteiger charge is 2.31. The summed E-state index contributed by atoms with van der Waals surface area (Å²) in [5.41, 5.74) is 0.536. The van der Waals surface area contributed by atoms with Crippen LogP contribution in [0.15, 0.2) is 39.9 Å². The minimum absolute atomic E-state index is 0.00610. The first-order valence-corrected chi connectivity index (χ1v) is 11.2. The van der Waals surface area contributed by atoms with Gasteiger partial charge >= 0.3 is 0 Å². The van der Waals surface area contributed by atoms with Crippen LogP contribution in [0.3, 0.4) is 0 Å². The first-order valence-electron chi connectivity index (χ1n) is 8.82. The second-order valence-corrected chi connectivity index (χ2v) is 9.06. The van der Waals surface area contributed by atoms with Crippen LogP contribution in [0.2, 0.25) is 0 Å². The SMILES string of the molecule is O=C(NCCC(=O)N1CCN(S(=O)(=O)c2ccc(F)cc2F)CC1)c1ccsc1. The van der Waals surface area contributed by atoms with E-state index >= 15 is 0 Å². The van der Waals surface area contributed by atoms with Gasteiger partial charge in [0.25, 0.3) is 5.91 Å². The average Bonchev–Trinajstić information content (AvgIpc) is 3.22. The third-order valence-corrected chi connectivity index (χ3v) is 7.13. The molecule has 1 N–H and O–H groups in total. The second kappa shape index (κ2) is 8.97. The fourth-order valence-electron chi connectivity index (χ4n) is 2.94. The Morgan fingerprint density at radius 1 is 1.10 bits per heavy atom. The predicted molar refractivity (Wildman–Crippen MR) is 103 cm³/mol. The maximum absolute atomic E-state index is 13.9. The van der Waals surface area contributed by atoms with Gasteiger partial charge in [0.1, 0.15) is 16.5 Å². The van der Waals surface area contributed by atoms with Crippen molar-refractivity contribution in [3.63, 3.8) is 0 Å². The number of benzene rings is 1. The van der Waals surface area contributed by atoms with Crippen LogP contribution in [-0.4, -0.2) is 62.2 Å². The number of carbonyl (C=O) groups excluding carboxylic acids is 2. The summed E-state index contributed by atoms with van der Waals surface area (Å²) >= 11 is 1.40. The summed E-state index contributed by atoms with van der Waals surface area (Å²) in [4.78, 5) is 25.1. The fraction of sp³-hybridized carbons (Fsp3) is 0.333. The summed E-state index contributed by atoms with van der Waals surface area (Å²) in [6.07, 6.45) is 0.0925. The van der Waals surface area contributed by atoms with Crippen molar-refractivity contribution in [1.29, 1.82) is 0 Å². The zero-order chi connectivity index (χ0) is 21.0. The topological polar surface area (TPSA) is 86.8 Å². The molecule has 1 aliphatic rings. The van der Waals surface area contributed by atoms with E-state index in [1.165, 1.54) is 16.2 Å². The molecule has 0 bridgehead atoms. The van der Waals surface area contributed by atoms with Crippen molar-refractivity contribution in [1.82, 2.24) is 14.5 Å². The summed E-state index contributed by atoms with van der Waals surface area (Å²) < 4.78 is 53.1. The van der Waals surface area contributed by atoms with Crippen LogP contribution >= 0.6 is 11.3 Å². The Hall–Kier alpha value is -2.37. The number of hydrogen-bond acceptors (Lipinski definition) is 5. The number of piperazine rings is 1. The maximum atomic E-state index is 13.9. The normalized spacial score (nSPS) is 15.3. The van der Waals surface area contributed by atoms with Gasteiger partial charge in [-0.1, -0.05) is 0 Å². The first kappa shape index (κ1) is 21.3. The number of rotatable bonds is 6. The van der Waals surface area contributed by atoms with E-state index in [1.54, 1.807) is 16.8 Å². The summed E-state index contributed by atoms with van der Waals surface area (Å²) in [7, 11) is -4.11. The lowest BCUT2D eigenvalue weighted by molar-refractivity contribution is -0.132. The largest absolute Gasteiger partial charge is 0.351 e. The fourth-order valence-corrected chi connectivity index (χ4v) is 5.04. The van der Waals surface area contributed by atoms with Crippen molar-refractivity contribution < 1.29 is 26.8 Å². The third-order valence-electron chi connectivity index (χ3n) is 4.51. The monoisotopic (exact) mass is 443 g/mol. The average molecular weight is 443 g/mol. The van der Waals surface area contributed by atoms with Gasteiger partial charge in [0.2, 0.25) is 15.9 Å². The molecule has 0 atom stereocenters. The molecule has 2 heterocycles. The van der Waals surface area contributed by atoms with Crippen LogP contribution < -0.4 is 5.32 Å². The van der Waals surface area contributed by atoms with Gasteiger partial charge in [0.05, 0.1) is 0 Å². The van der Waals surface area contributed by atoms with Gasteiger partial charge in [-0.15, -0.1) is 0 Å². The molecule has 0 spiro atoms. The molecule has 7 nitrogen and oxygen atoms in total. The number of halogens is 2. The molecule has 1 fully saturated rings. The highest BCUT2D eigenvalue weighted by molar-refractivity contribution is 7.89. The molecule has 11 heteroatoms. The first-order chi connectivity index (χ1) is 13.8. The molecular formula is C18H19F2N3O4S2. The highest BCUT2D eigenvalue weighted by Crippen LogP contribution is 2.21. The number of hydrogen-bond donors (Lipinski definition) is 1. The van der Waals surface area contributed by atoms with Crippen molar-refractivity contribution in [2.45, 2.75) is 11.3 Å². The van der Waals surface area contributed by atoms with E-state index in [4.69, 9.17) is 0 Å². The molecule has 156 valence electrons. The Balaban J connectivity index is 1.50. The molecule has 0 aliphatic carbocycles. The minimum Gasteiger partial charge on any atom is -0.351 e. The van der Waals surface area contributed by atoms with E-state index in [1.807, 2.05) is 0 Å². The molecule has 0 radical (unpaired) electrons. The molecule has 2 aromatic rings. The summed E-state index contributed by atoms with van der Waals surface area (Å²) in [5.74, 6) is -2.47. The number of amides is 2. The lowest BCUT2D eigenvalue weighted by Crippen LogP contribution is -2.51. The van der Waals surface area contributed by atoms with E-state index < -0.39 is 26.6 Å². The number of carbonyl (C=O) groups is 2. The van der Waals surface area contributed by atoms with Crippen LogP contribution in [0.1, 0.15) is 16.8 Å². The van der Waals surface area contributed by atoms with Gasteiger partial charge in [-0.3, -0.25) is 9.59 Å². The molecule has 3 rings (SSSR count). The van der Waals surface area contributed by atoms with Crippen LogP contribution in [0.5, 0.6) is 0 Å². The number of thiophene rings is 1. The molecule has 0 unspecified atom stereocenters. The molecular weight excluding hydrogens is 424 g/mol. The van der Waals surface area contributed by atoms with E-state index in [0.717, 1.165) is 16.4 Å². The zero-order valence-corrected chi connectivity index (χ0v) is 16.9. The second-order valence-electron chi connectivity index (χ2n) is 6.38. The lowest BCUT2D eigenvalue weighted by atomic mass is 10.3. The Bertz CT molecular complexity index is 989. The highest BCUT2D eigenvalue weighted by atomic mass is 32.2. The molecule has 0 saturated carbocycles. The number of sulfonamides is 1. The smallest absolute Gasteiger partial charge is 0.252 e. The molecule has 1 aliphatic heterocycles. The Kier molecular flexibility index (Phi) is 6.60. The van der Waals surface area contributed by atoms with Crippen molar-refractivity contribution in [2.24, 2.45) is 0 Å². The molecule has 29 heavy (non-hydrogen) atoms. The van der Waals surface area contributed by atoms with E-state index in [0.29, 0.717) is 11.6 Å². The van der Waals surface area contributed by atoms with E-state index in [9.17, 15) is 26.8 Å². The van der Waals surface area contributed by atoms with Gasteiger partial charge in [-0.05, 0) is 23.6 Å². The van der Waals surface area contributed by atoms with Gasteiger partial charge in [0, 0.05) is 56.2 Å². The lowest BCUT2D eigenvalue weighted by Gasteiger charge is -2.34. The summed E-state index contributed by atoms with van der Waals surface area (Å²) in [5, 5.41) is 6.15. The number of nitrogens with zero attached hydrogens (tertiary/aromatic N) is 2. The van der Waals surface area contributed by atoms with Crippen LogP contribution in [-0.2, 0) is 14.8 Å². The summed E-state index contributed by atoms with van der Waals surface area (Å²) in [6.45, 7) is 0.490. The number of nitrogens with one attached hydrogen (secondary N) is 1. The molecule has 2 amide bonds. The third kappa shape index (κ3) is 4.98. The van der Waals surface area contributed by atoms with Gasteiger partial charge in [-0.2, -0.15) is 15.6 Å². The van der Waals surface area contributed by atoms with Gasteiger partial charge < -0.3 is 10.2 Å². The van der Waals surface area contributed by atoms with Crippen molar-refractivity contribution >= 4 is 33.2 Å². The Morgan fingerprint density at radius 2 is 1.83 bits per heavy atom. The van der Waals surface area contributed by atoms with E-state index in [2.05, 4.69) is 5.32 Å². The standard InChI is InChI=1S/C18H19F2N3O4S2/c19-14-1-2-16(15(20)11-14)29(26,27)23-8-6-22(7-9-23)17(24)3-5-21-18(25)13-4-10-28-12-13/h1-2,4,10-12H,3,5-9H2,(H,21,25). The molecule has 1 aromatic carbocycles. The Morgan fingerprint density at radius 3 is 2.45 bits per heavy atom. The quantitative estimate of drug-likeness (QED) is 0.736. The molecule has 1 saturated heterocycles. The van der Waals surface area contributed by atoms with Crippen molar-refractivity contribution in [2.75, 3.05) is 32.7 Å². The van der Waals surface area contributed by atoms with Crippen LogP contribution in [0.25, 0.3) is 0 Å².